The Kier molecular flexibility index (Phi) is 5.23. The molecule has 2 heterocycles. The molecule has 1 saturated heterocycles. The summed E-state index contributed by atoms with van der Waals surface area (Å²) in [5, 5.41) is 13.3. The van der Waals surface area contributed by atoms with Gasteiger partial charge in [0.15, 0.2) is 0 Å². The van der Waals surface area contributed by atoms with E-state index < -0.39 is 21.9 Å². The minimum Gasteiger partial charge on any atom is -0.394 e. The van der Waals surface area contributed by atoms with Crippen molar-refractivity contribution in [3.05, 3.63) is 83.9 Å². The van der Waals surface area contributed by atoms with Crippen LogP contribution in [0.1, 0.15) is 18.0 Å². The van der Waals surface area contributed by atoms with Gasteiger partial charge < -0.3 is 10.4 Å². The Morgan fingerprint density at radius 2 is 1.78 bits per heavy atom. The van der Waals surface area contributed by atoms with Gasteiger partial charge in [0.2, 0.25) is 10.0 Å². The Balaban J connectivity index is 1.62. The average molecular weight is 457 g/mol. The second-order valence-corrected chi connectivity index (χ2v) is 10.1. The maximum Gasteiger partial charge on any atom is 0.243 e. The van der Waals surface area contributed by atoms with Crippen LogP contribution in [0.3, 0.4) is 0 Å². The van der Waals surface area contributed by atoms with E-state index >= 15 is 0 Å². The lowest BCUT2D eigenvalue weighted by Gasteiger charge is -2.39. The Labute approximate surface area is 185 Å². The van der Waals surface area contributed by atoms with Crippen LogP contribution in [0, 0.1) is 17.6 Å². The number of halogens is 2. The van der Waals surface area contributed by atoms with E-state index in [2.05, 4.69) is 5.32 Å². The highest BCUT2D eigenvalue weighted by Crippen LogP contribution is 2.49. The van der Waals surface area contributed by atoms with Gasteiger partial charge in [-0.3, -0.25) is 0 Å². The smallest absolute Gasteiger partial charge is 0.243 e. The number of sulfonamides is 1. The van der Waals surface area contributed by atoms with E-state index in [1.54, 1.807) is 30.3 Å². The third-order valence-corrected chi connectivity index (χ3v) is 8.32. The lowest BCUT2D eigenvalue weighted by atomic mass is 9.82. The largest absolute Gasteiger partial charge is 0.394 e. The van der Waals surface area contributed by atoms with Gasteiger partial charge in [0.05, 0.1) is 23.6 Å². The van der Waals surface area contributed by atoms with Crippen molar-refractivity contribution < 1.29 is 22.3 Å². The molecule has 3 atom stereocenters. The monoisotopic (exact) mass is 456 g/mol. The molecular weight excluding hydrogens is 434 g/mol. The lowest BCUT2D eigenvalue weighted by Crippen LogP contribution is -2.42. The molecule has 5 nitrogen and oxygen atoms in total. The number of aliphatic hydroxyl groups excluding tert-OH is 1. The van der Waals surface area contributed by atoms with E-state index in [1.165, 1.54) is 22.5 Å². The Bertz CT molecular complexity index is 1260. The Morgan fingerprint density at radius 3 is 2.50 bits per heavy atom. The normalized spacial score (nSPS) is 22.8. The minimum atomic E-state index is -3.90. The first kappa shape index (κ1) is 21.1. The Hall–Kier alpha value is -2.81. The molecule has 166 valence electrons. The van der Waals surface area contributed by atoms with E-state index in [0.29, 0.717) is 23.2 Å². The summed E-state index contributed by atoms with van der Waals surface area (Å²) < 4.78 is 56.2. The fourth-order valence-electron chi connectivity index (χ4n) is 4.90. The first-order valence-electron chi connectivity index (χ1n) is 10.4. The Morgan fingerprint density at radius 1 is 1.03 bits per heavy atom. The van der Waals surface area contributed by atoms with Gasteiger partial charge >= 0.3 is 0 Å². The predicted octanol–water partition coefficient (Wildman–Crippen LogP) is 4.17. The maximum absolute atomic E-state index is 14.4. The molecule has 2 aliphatic rings. The van der Waals surface area contributed by atoms with Crippen LogP contribution in [-0.4, -0.2) is 37.0 Å². The summed E-state index contributed by atoms with van der Waals surface area (Å²) in [4.78, 5) is 0.0189. The zero-order chi connectivity index (χ0) is 22.5. The quantitative estimate of drug-likeness (QED) is 0.618. The molecule has 2 N–H and O–H groups in total. The van der Waals surface area contributed by atoms with Crippen LogP contribution in [0.5, 0.6) is 0 Å². The fraction of sp³-hybridized carbons (Fsp3) is 0.250. The van der Waals surface area contributed by atoms with Gasteiger partial charge in [-0.05, 0) is 60.0 Å². The van der Waals surface area contributed by atoms with Crippen molar-refractivity contribution in [1.82, 2.24) is 4.31 Å². The summed E-state index contributed by atoms with van der Waals surface area (Å²) >= 11 is 0. The molecule has 3 aromatic carbocycles. The highest BCUT2D eigenvalue weighted by atomic mass is 32.2. The zero-order valence-electron chi connectivity index (χ0n) is 17.1. The SMILES string of the molecule is O=S(=O)(c1ccc(F)cc1)N1CC[C@@H]2[C@@H](CO)Nc3ccc(-c4ccccc4F)cc3[C@@H]21. The van der Waals surface area contributed by atoms with Crippen molar-refractivity contribution in [1.29, 1.82) is 0 Å². The molecule has 0 saturated carbocycles. The van der Waals surface area contributed by atoms with Crippen molar-refractivity contribution in [3.8, 4) is 11.1 Å². The number of hydrogen-bond acceptors (Lipinski definition) is 4. The van der Waals surface area contributed by atoms with Crippen LogP contribution >= 0.6 is 0 Å². The second kappa shape index (κ2) is 7.95. The third kappa shape index (κ3) is 3.39. The van der Waals surface area contributed by atoms with Crippen LogP contribution < -0.4 is 5.32 Å². The van der Waals surface area contributed by atoms with Gasteiger partial charge in [0, 0.05) is 23.7 Å². The molecule has 2 aliphatic heterocycles. The summed E-state index contributed by atoms with van der Waals surface area (Å²) in [5.41, 5.74) is 2.54. The van der Waals surface area contributed by atoms with Crippen LogP contribution in [0.4, 0.5) is 14.5 Å². The van der Waals surface area contributed by atoms with Crippen molar-refractivity contribution in [2.45, 2.75) is 23.4 Å². The van der Waals surface area contributed by atoms with Crippen LogP contribution in [0.25, 0.3) is 11.1 Å². The van der Waals surface area contributed by atoms with Gasteiger partial charge in [0.25, 0.3) is 0 Å². The summed E-state index contributed by atoms with van der Waals surface area (Å²) in [5.74, 6) is -1.02. The van der Waals surface area contributed by atoms with Crippen molar-refractivity contribution in [3.63, 3.8) is 0 Å². The maximum atomic E-state index is 14.4. The molecule has 0 aliphatic carbocycles. The number of nitrogens with one attached hydrogen (secondary N) is 1. The van der Waals surface area contributed by atoms with Gasteiger partial charge in [-0.15, -0.1) is 0 Å². The third-order valence-electron chi connectivity index (χ3n) is 6.43. The number of aliphatic hydroxyl groups is 1. The molecule has 0 radical (unpaired) electrons. The number of nitrogens with zero attached hydrogens (tertiary/aromatic N) is 1. The zero-order valence-corrected chi connectivity index (χ0v) is 17.9. The fourth-order valence-corrected chi connectivity index (χ4v) is 6.56. The first-order chi connectivity index (χ1) is 15.4. The number of rotatable bonds is 4. The predicted molar refractivity (Wildman–Crippen MR) is 117 cm³/mol. The molecule has 0 unspecified atom stereocenters. The molecular formula is C24H22F2N2O3S. The molecule has 32 heavy (non-hydrogen) atoms. The lowest BCUT2D eigenvalue weighted by molar-refractivity contribution is 0.210. The topological polar surface area (TPSA) is 69.6 Å². The van der Waals surface area contributed by atoms with Crippen LogP contribution in [-0.2, 0) is 10.0 Å². The van der Waals surface area contributed by atoms with Crippen molar-refractivity contribution in [2.75, 3.05) is 18.5 Å². The number of benzene rings is 3. The van der Waals surface area contributed by atoms with Crippen LogP contribution in [0.15, 0.2) is 71.6 Å². The van der Waals surface area contributed by atoms with E-state index in [1.807, 2.05) is 6.07 Å². The molecule has 1 fully saturated rings. The first-order valence-corrected chi connectivity index (χ1v) is 11.9. The molecule has 0 spiro atoms. The van der Waals surface area contributed by atoms with Crippen molar-refractivity contribution >= 4 is 15.7 Å². The van der Waals surface area contributed by atoms with E-state index in [4.69, 9.17) is 0 Å². The van der Waals surface area contributed by atoms with Gasteiger partial charge in [-0.2, -0.15) is 4.31 Å². The average Bonchev–Trinajstić information content (AvgIpc) is 3.25. The summed E-state index contributed by atoms with van der Waals surface area (Å²) in [6.07, 6.45) is 0.562. The highest BCUT2D eigenvalue weighted by molar-refractivity contribution is 7.89. The molecule has 8 heteroatoms. The molecule has 0 aromatic heterocycles. The molecule has 0 bridgehead atoms. The van der Waals surface area contributed by atoms with Gasteiger partial charge in [0.1, 0.15) is 11.6 Å². The van der Waals surface area contributed by atoms with Crippen LogP contribution in [0.2, 0.25) is 0 Å². The number of hydrogen-bond donors (Lipinski definition) is 2. The number of fused-ring (bicyclic) bond motifs is 3. The number of anilines is 1. The molecule has 5 rings (SSSR count). The highest BCUT2D eigenvalue weighted by Gasteiger charge is 2.48. The van der Waals surface area contributed by atoms with E-state index in [0.717, 1.165) is 17.7 Å². The molecule has 3 aromatic rings. The van der Waals surface area contributed by atoms with E-state index in [-0.39, 0.29) is 35.8 Å². The van der Waals surface area contributed by atoms with Gasteiger partial charge in [-0.1, -0.05) is 24.3 Å². The second-order valence-electron chi connectivity index (χ2n) is 8.18. The summed E-state index contributed by atoms with van der Waals surface area (Å²) in [6, 6.07) is 15.8. The summed E-state index contributed by atoms with van der Waals surface area (Å²) in [7, 11) is -3.90. The standard InChI is InChI=1S/C24H22F2N2O3S/c25-16-6-8-17(9-7-16)32(30,31)28-12-11-19-23(14-29)27-22-10-5-15(13-20(22)24(19)28)18-3-1-2-4-21(18)26/h1-10,13,19,23-24,27,29H,11-12,14H2/t19-,23-,24-/m1/s1. The van der Waals surface area contributed by atoms with Crippen molar-refractivity contribution in [2.24, 2.45) is 5.92 Å². The minimum absolute atomic E-state index is 0.0189. The van der Waals surface area contributed by atoms with E-state index in [9.17, 15) is 22.3 Å². The molecule has 0 amide bonds. The summed E-state index contributed by atoms with van der Waals surface area (Å²) in [6.45, 7) is 0.136. The van der Waals surface area contributed by atoms with Gasteiger partial charge in [-0.25, -0.2) is 17.2 Å².